The topological polar surface area (TPSA) is 64.6 Å². The van der Waals surface area contributed by atoms with Gasteiger partial charge in [-0.1, -0.05) is 17.7 Å². The first-order chi connectivity index (χ1) is 13.6. The van der Waals surface area contributed by atoms with Crippen LogP contribution in [0.15, 0.2) is 30.5 Å². The molecule has 3 heterocycles. The molecule has 7 nitrogen and oxygen atoms in total. The van der Waals surface area contributed by atoms with E-state index in [1.165, 1.54) is 12.8 Å². The molecule has 2 saturated heterocycles. The highest BCUT2D eigenvalue weighted by Crippen LogP contribution is 2.22. The molecule has 148 valence electrons. The Kier molecular flexibility index (Phi) is 5.52. The van der Waals surface area contributed by atoms with E-state index in [0.717, 1.165) is 43.5 Å². The van der Waals surface area contributed by atoms with Crippen LogP contribution in [0.25, 0.3) is 0 Å². The van der Waals surface area contributed by atoms with Gasteiger partial charge >= 0.3 is 6.03 Å². The SMILES string of the molecule is Cc1ccc(NC(=O)N2CCN(c3ccnc(N4CCCC4)n3)CC2)cc1Cl. The molecule has 8 heteroatoms. The molecule has 0 aliphatic carbocycles. The molecule has 0 atom stereocenters. The lowest BCUT2D eigenvalue weighted by atomic mass is 10.2. The number of halogens is 1. The maximum atomic E-state index is 12.6. The number of nitrogens with one attached hydrogen (secondary N) is 1. The molecular formula is C20H25ClN6O. The van der Waals surface area contributed by atoms with Crippen LogP contribution in [-0.2, 0) is 0 Å². The molecule has 2 aliphatic heterocycles. The van der Waals surface area contributed by atoms with Crippen molar-refractivity contribution in [2.75, 3.05) is 54.4 Å². The van der Waals surface area contributed by atoms with Gasteiger partial charge in [-0.2, -0.15) is 4.98 Å². The van der Waals surface area contributed by atoms with Gasteiger partial charge < -0.3 is 20.0 Å². The standard InChI is InChI=1S/C20H25ClN6O/c1-15-4-5-16(14-17(15)21)23-20(28)27-12-10-25(11-13-27)18-6-7-22-19(24-18)26-8-2-3-9-26/h4-7,14H,2-3,8-13H2,1H3,(H,23,28). The first kappa shape index (κ1) is 18.8. The van der Waals surface area contributed by atoms with Crippen molar-refractivity contribution in [3.05, 3.63) is 41.0 Å². The number of carbonyl (C=O) groups is 1. The number of aromatic nitrogens is 2. The predicted molar refractivity (Wildman–Crippen MR) is 112 cm³/mol. The second kappa shape index (κ2) is 8.22. The van der Waals surface area contributed by atoms with Gasteiger partial charge in [0, 0.05) is 56.2 Å². The normalized spacial score (nSPS) is 17.1. The maximum Gasteiger partial charge on any atom is 0.321 e. The molecule has 1 N–H and O–H groups in total. The van der Waals surface area contributed by atoms with E-state index in [0.29, 0.717) is 23.8 Å². The number of nitrogens with zero attached hydrogens (tertiary/aromatic N) is 5. The van der Waals surface area contributed by atoms with Crippen molar-refractivity contribution in [1.82, 2.24) is 14.9 Å². The zero-order valence-electron chi connectivity index (χ0n) is 16.1. The van der Waals surface area contributed by atoms with Crippen molar-refractivity contribution in [3.63, 3.8) is 0 Å². The molecule has 2 aromatic rings. The van der Waals surface area contributed by atoms with E-state index in [9.17, 15) is 4.79 Å². The summed E-state index contributed by atoms with van der Waals surface area (Å²) in [6.07, 6.45) is 4.23. The van der Waals surface area contributed by atoms with Gasteiger partial charge in [-0.15, -0.1) is 0 Å². The smallest absolute Gasteiger partial charge is 0.321 e. The minimum Gasteiger partial charge on any atom is -0.353 e. The quantitative estimate of drug-likeness (QED) is 0.855. The molecule has 0 bridgehead atoms. The van der Waals surface area contributed by atoms with Crippen molar-refractivity contribution in [1.29, 1.82) is 0 Å². The monoisotopic (exact) mass is 400 g/mol. The number of piperazine rings is 1. The summed E-state index contributed by atoms with van der Waals surface area (Å²) in [4.78, 5) is 28.0. The van der Waals surface area contributed by atoms with Crippen LogP contribution in [0, 0.1) is 6.92 Å². The average molecular weight is 401 g/mol. The van der Waals surface area contributed by atoms with Crippen LogP contribution in [-0.4, -0.2) is 60.2 Å². The first-order valence-electron chi connectivity index (χ1n) is 9.75. The molecule has 1 aromatic carbocycles. The van der Waals surface area contributed by atoms with Crippen LogP contribution in [0.2, 0.25) is 5.02 Å². The highest BCUT2D eigenvalue weighted by molar-refractivity contribution is 6.31. The highest BCUT2D eigenvalue weighted by atomic mass is 35.5. The summed E-state index contributed by atoms with van der Waals surface area (Å²) in [6.45, 7) is 6.79. The summed E-state index contributed by atoms with van der Waals surface area (Å²) < 4.78 is 0. The lowest BCUT2D eigenvalue weighted by Crippen LogP contribution is -2.50. The van der Waals surface area contributed by atoms with Gasteiger partial charge in [0.05, 0.1) is 0 Å². The first-order valence-corrected chi connectivity index (χ1v) is 10.1. The van der Waals surface area contributed by atoms with Gasteiger partial charge in [0.2, 0.25) is 5.95 Å². The lowest BCUT2D eigenvalue weighted by Gasteiger charge is -2.35. The number of amides is 2. The number of anilines is 3. The highest BCUT2D eigenvalue weighted by Gasteiger charge is 2.23. The minimum absolute atomic E-state index is 0.0972. The van der Waals surface area contributed by atoms with Crippen LogP contribution in [0.4, 0.5) is 22.2 Å². The minimum atomic E-state index is -0.0972. The molecule has 4 rings (SSSR count). The van der Waals surface area contributed by atoms with E-state index < -0.39 is 0 Å². The molecule has 2 amide bonds. The van der Waals surface area contributed by atoms with E-state index in [-0.39, 0.29) is 6.03 Å². The maximum absolute atomic E-state index is 12.6. The van der Waals surface area contributed by atoms with Crippen molar-refractivity contribution >= 4 is 35.1 Å². The Bertz CT molecular complexity index is 846. The van der Waals surface area contributed by atoms with Crippen molar-refractivity contribution in [3.8, 4) is 0 Å². The summed E-state index contributed by atoms with van der Waals surface area (Å²) in [5.41, 5.74) is 1.71. The van der Waals surface area contributed by atoms with Crippen LogP contribution in [0.3, 0.4) is 0 Å². The molecule has 0 radical (unpaired) electrons. The van der Waals surface area contributed by atoms with Gasteiger partial charge in [0.1, 0.15) is 5.82 Å². The zero-order valence-corrected chi connectivity index (χ0v) is 16.8. The largest absolute Gasteiger partial charge is 0.353 e. The molecule has 1 aromatic heterocycles. The fraction of sp³-hybridized carbons (Fsp3) is 0.450. The Hall–Kier alpha value is -2.54. The van der Waals surface area contributed by atoms with Gasteiger partial charge in [-0.05, 0) is 43.5 Å². The average Bonchev–Trinajstić information content (AvgIpc) is 3.26. The molecular weight excluding hydrogens is 376 g/mol. The van der Waals surface area contributed by atoms with E-state index in [1.54, 1.807) is 6.07 Å². The van der Waals surface area contributed by atoms with Gasteiger partial charge in [0.15, 0.2) is 0 Å². The summed E-state index contributed by atoms with van der Waals surface area (Å²) in [5, 5.41) is 3.59. The molecule has 0 spiro atoms. The Morgan fingerprint density at radius 1 is 1.04 bits per heavy atom. The number of benzene rings is 1. The van der Waals surface area contributed by atoms with Crippen LogP contribution in [0.1, 0.15) is 18.4 Å². The van der Waals surface area contributed by atoms with Crippen LogP contribution >= 0.6 is 11.6 Å². The fourth-order valence-corrected chi connectivity index (χ4v) is 3.78. The Morgan fingerprint density at radius 2 is 1.79 bits per heavy atom. The predicted octanol–water partition coefficient (Wildman–Crippen LogP) is 3.39. The fourth-order valence-electron chi connectivity index (χ4n) is 3.60. The number of urea groups is 1. The molecule has 0 unspecified atom stereocenters. The second-order valence-corrected chi connectivity index (χ2v) is 7.68. The Balaban J connectivity index is 1.34. The summed E-state index contributed by atoms with van der Waals surface area (Å²) >= 11 is 6.14. The summed E-state index contributed by atoms with van der Waals surface area (Å²) in [5.74, 6) is 1.74. The van der Waals surface area contributed by atoms with Crippen LogP contribution in [0.5, 0.6) is 0 Å². The lowest BCUT2D eigenvalue weighted by molar-refractivity contribution is 0.208. The third kappa shape index (κ3) is 4.14. The summed E-state index contributed by atoms with van der Waals surface area (Å²) in [6, 6.07) is 7.41. The number of hydrogen-bond donors (Lipinski definition) is 1. The van der Waals surface area contributed by atoms with Crippen molar-refractivity contribution < 1.29 is 4.79 Å². The molecule has 2 aliphatic rings. The number of carbonyl (C=O) groups excluding carboxylic acids is 1. The second-order valence-electron chi connectivity index (χ2n) is 7.28. The van der Waals surface area contributed by atoms with Crippen LogP contribution < -0.4 is 15.1 Å². The van der Waals surface area contributed by atoms with Gasteiger partial charge in [-0.3, -0.25) is 0 Å². The Labute approximate surface area is 170 Å². The molecule has 0 saturated carbocycles. The third-order valence-corrected chi connectivity index (χ3v) is 5.74. The molecule has 2 fully saturated rings. The third-order valence-electron chi connectivity index (χ3n) is 5.33. The van der Waals surface area contributed by atoms with E-state index in [4.69, 9.17) is 16.6 Å². The Morgan fingerprint density at radius 3 is 2.50 bits per heavy atom. The van der Waals surface area contributed by atoms with E-state index in [2.05, 4.69) is 20.1 Å². The molecule has 28 heavy (non-hydrogen) atoms. The van der Waals surface area contributed by atoms with Crippen molar-refractivity contribution in [2.24, 2.45) is 0 Å². The van der Waals surface area contributed by atoms with Gasteiger partial charge in [0.25, 0.3) is 0 Å². The number of aryl methyl sites for hydroxylation is 1. The number of hydrogen-bond acceptors (Lipinski definition) is 5. The zero-order chi connectivity index (χ0) is 19.5. The number of rotatable bonds is 3. The van der Waals surface area contributed by atoms with Crippen molar-refractivity contribution in [2.45, 2.75) is 19.8 Å². The summed E-state index contributed by atoms with van der Waals surface area (Å²) in [7, 11) is 0. The van der Waals surface area contributed by atoms with Gasteiger partial charge in [-0.25, -0.2) is 9.78 Å². The van der Waals surface area contributed by atoms with E-state index in [1.807, 2.05) is 36.2 Å². The van der Waals surface area contributed by atoms with E-state index >= 15 is 0 Å².